The quantitative estimate of drug-likeness (QED) is 0.701. The highest BCUT2D eigenvalue weighted by molar-refractivity contribution is 7.80. The van der Waals surface area contributed by atoms with Gasteiger partial charge in [0.1, 0.15) is 11.5 Å². The van der Waals surface area contributed by atoms with Gasteiger partial charge in [-0.2, -0.15) is 0 Å². The van der Waals surface area contributed by atoms with Gasteiger partial charge in [-0.15, -0.1) is 0 Å². The Hall–Kier alpha value is -1.49. The molecular formula is C17H28N2O2S. The minimum atomic E-state index is 0.350. The summed E-state index contributed by atoms with van der Waals surface area (Å²) in [6, 6.07) is 5.95. The topological polar surface area (TPSA) is 42.5 Å². The van der Waals surface area contributed by atoms with Crippen molar-refractivity contribution in [2.24, 2.45) is 5.92 Å². The van der Waals surface area contributed by atoms with E-state index in [2.05, 4.69) is 31.4 Å². The fourth-order valence-corrected chi connectivity index (χ4v) is 2.50. The van der Waals surface area contributed by atoms with E-state index in [9.17, 15) is 0 Å². The Morgan fingerprint density at radius 2 is 1.86 bits per heavy atom. The summed E-state index contributed by atoms with van der Waals surface area (Å²) in [6.45, 7) is 6.65. The smallest absolute Gasteiger partial charge is 0.171 e. The first kappa shape index (κ1) is 18.6. The van der Waals surface area contributed by atoms with Crippen molar-refractivity contribution in [3.63, 3.8) is 0 Å². The second-order valence-electron chi connectivity index (χ2n) is 5.89. The molecule has 1 unspecified atom stereocenters. The molecular weight excluding hydrogens is 296 g/mol. The van der Waals surface area contributed by atoms with E-state index in [1.807, 2.05) is 18.2 Å². The monoisotopic (exact) mass is 324 g/mol. The molecule has 0 bridgehead atoms. The SMILES string of the molecule is COc1ccc(NC(=S)NC(C)CCCC(C)C)c(OC)c1. The van der Waals surface area contributed by atoms with Crippen molar-refractivity contribution in [1.29, 1.82) is 0 Å². The summed E-state index contributed by atoms with van der Waals surface area (Å²) < 4.78 is 10.5. The second-order valence-corrected chi connectivity index (χ2v) is 6.30. The first-order valence-electron chi connectivity index (χ1n) is 7.75. The number of benzene rings is 1. The summed E-state index contributed by atoms with van der Waals surface area (Å²) in [5.41, 5.74) is 0.829. The molecule has 0 saturated carbocycles. The first-order valence-corrected chi connectivity index (χ1v) is 8.16. The Balaban J connectivity index is 2.50. The van der Waals surface area contributed by atoms with Crippen molar-refractivity contribution >= 4 is 23.0 Å². The lowest BCUT2D eigenvalue weighted by Gasteiger charge is -2.18. The molecule has 22 heavy (non-hydrogen) atoms. The second kappa shape index (κ2) is 9.51. The molecule has 2 N–H and O–H groups in total. The van der Waals surface area contributed by atoms with Gasteiger partial charge in [0.2, 0.25) is 0 Å². The molecule has 124 valence electrons. The van der Waals surface area contributed by atoms with E-state index in [-0.39, 0.29) is 0 Å². The number of hydrogen-bond donors (Lipinski definition) is 2. The maximum absolute atomic E-state index is 5.37. The van der Waals surface area contributed by atoms with Crippen LogP contribution in [-0.4, -0.2) is 25.4 Å². The normalized spacial score (nSPS) is 11.9. The lowest BCUT2D eigenvalue weighted by Crippen LogP contribution is -2.35. The van der Waals surface area contributed by atoms with Crippen LogP contribution in [-0.2, 0) is 0 Å². The number of rotatable bonds is 8. The molecule has 1 atom stereocenters. The van der Waals surface area contributed by atoms with Gasteiger partial charge in [0.25, 0.3) is 0 Å². The zero-order valence-corrected chi connectivity index (χ0v) is 15.0. The summed E-state index contributed by atoms with van der Waals surface area (Å²) in [5.74, 6) is 2.21. The molecule has 1 rings (SSSR count). The van der Waals surface area contributed by atoms with Crippen molar-refractivity contribution in [3.05, 3.63) is 18.2 Å². The van der Waals surface area contributed by atoms with Crippen molar-refractivity contribution in [2.45, 2.75) is 46.1 Å². The molecule has 1 aromatic carbocycles. The summed E-state index contributed by atoms with van der Waals surface area (Å²) in [7, 11) is 3.26. The van der Waals surface area contributed by atoms with Crippen LogP contribution in [0.3, 0.4) is 0 Å². The highest BCUT2D eigenvalue weighted by Gasteiger charge is 2.09. The third kappa shape index (κ3) is 6.52. The first-order chi connectivity index (χ1) is 10.5. The highest BCUT2D eigenvalue weighted by atomic mass is 32.1. The van der Waals surface area contributed by atoms with Gasteiger partial charge in [-0.05, 0) is 43.6 Å². The van der Waals surface area contributed by atoms with E-state index in [0.29, 0.717) is 16.9 Å². The molecule has 0 aliphatic carbocycles. The number of methoxy groups -OCH3 is 2. The minimum absolute atomic E-state index is 0.350. The molecule has 0 aliphatic rings. The molecule has 0 spiro atoms. The molecule has 1 aromatic rings. The predicted octanol–water partition coefficient (Wildman–Crippen LogP) is 4.21. The summed E-state index contributed by atoms with van der Waals surface area (Å²) >= 11 is 5.37. The van der Waals surface area contributed by atoms with Crippen LogP contribution < -0.4 is 20.1 Å². The molecule has 0 fully saturated rings. The number of nitrogens with one attached hydrogen (secondary N) is 2. The van der Waals surface area contributed by atoms with E-state index in [4.69, 9.17) is 21.7 Å². The number of hydrogen-bond acceptors (Lipinski definition) is 3. The third-order valence-electron chi connectivity index (χ3n) is 3.45. The van der Waals surface area contributed by atoms with Gasteiger partial charge >= 0.3 is 0 Å². The standard InChI is InChI=1S/C17H28N2O2S/c1-12(2)7-6-8-13(3)18-17(22)19-15-10-9-14(20-4)11-16(15)21-5/h9-13H,6-8H2,1-5H3,(H2,18,19,22). The molecule has 0 heterocycles. The van der Waals surface area contributed by atoms with Gasteiger partial charge in [0, 0.05) is 12.1 Å². The van der Waals surface area contributed by atoms with E-state index in [1.54, 1.807) is 14.2 Å². The predicted molar refractivity (Wildman–Crippen MR) is 97.1 cm³/mol. The number of ether oxygens (including phenoxy) is 2. The average molecular weight is 324 g/mol. The van der Waals surface area contributed by atoms with Gasteiger partial charge in [-0.1, -0.05) is 26.7 Å². The maximum Gasteiger partial charge on any atom is 0.171 e. The lowest BCUT2D eigenvalue weighted by molar-refractivity contribution is 0.395. The summed E-state index contributed by atoms with van der Waals surface area (Å²) in [4.78, 5) is 0. The van der Waals surface area contributed by atoms with Crippen LogP contribution in [0.5, 0.6) is 11.5 Å². The largest absolute Gasteiger partial charge is 0.497 e. The molecule has 0 aliphatic heterocycles. The Morgan fingerprint density at radius 1 is 1.14 bits per heavy atom. The summed E-state index contributed by atoms with van der Waals surface area (Å²) in [6.07, 6.45) is 3.57. The fourth-order valence-electron chi connectivity index (χ4n) is 2.19. The van der Waals surface area contributed by atoms with Crippen LogP contribution in [0.2, 0.25) is 0 Å². The van der Waals surface area contributed by atoms with Gasteiger partial charge in [0.15, 0.2) is 5.11 Å². The Labute approximate surface area is 139 Å². The molecule has 0 radical (unpaired) electrons. The third-order valence-corrected chi connectivity index (χ3v) is 3.67. The van der Waals surface area contributed by atoms with Gasteiger partial charge < -0.3 is 20.1 Å². The van der Waals surface area contributed by atoms with Crippen LogP contribution in [0.4, 0.5) is 5.69 Å². The van der Waals surface area contributed by atoms with E-state index in [1.165, 1.54) is 12.8 Å². The van der Waals surface area contributed by atoms with E-state index < -0.39 is 0 Å². The average Bonchev–Trinajstić information content (AvgIpc) is 2.47. The van der Waals surface area contributed by atoms with Crippen LogP contribution in [0.15, 0.2) is 18.2 Å². The fraction of sp³-hybridized carbons (Fsp3) is 0.588. The van der Waals surface area contributed by atoms with Crippen LogP contribution in [0.25, 0.3) is 0 Å². The molecule has 0 saturated heterocycles. The zero-order valence-electron chi connectivity index (χ0n) is 14.2. The van der Waals surface area contributed by atoms with Crippen molar-refractivity contribution in [1.82, 2.24) is 5.32 Å². The number of anilines is 1. The van der Waals surface area contributed by atoms with Crippen molar-refractivity contribution in [3.8, 4) is 11.5 Å². The minimum Gasteiger partial charge on any atom is -0.497 e. The molecule has 4 nitrogen and oxygen atoms in total. The van der Waals surface area contributed by atoms with E-state index in [0.717, 1.165) is 23.8 Å². The summed E-state index contributed by atoms with van der Waals surface area (Å²) in [5, 5.41) is 7.11. The zero-order chi connectivity index (χ0) is 16.5. The Morgan fingerprint density at radius 3 is 2.45 bits per heavy atom. The lowest BCUT2D eigenvalue weighted by atomic mass is 10.0. The van der Waals surface area contributed by atoms with Crippen LogP contribution in [0, 0.1) is 5.92 Å². The van der Waals surface area contributed by atoms with Gasteiger partial charge in [-0.25, -0.2) is 0 Å². The molecule has 0 aromatic heterocycles. The Bertz CT molecular complexity index is 478. The van der Waals surface area contributed by atoms with Crippen LogP contribution in [0.1, 0.15) is 40.0 Å². The van der Waals surface area contributed by atoms with E-state index >= 15 is 0 Å². The van der Waals surface area contributed by atoms with Crippen molar-refractivity contribution < 1.29 is 9.47 Å². The van der Waals surface area contributed by atoms with Crippen molar-refractivity contribution in [2.75, 3.05) is 19.5 Å². The van der Waals surface area contributed by atoms with Gasteiger partial charge in [0.05, 0.1) is 19.9 Å². The highest BCUT2D eigenvalue weighted by Crippen LogP contribution is 2.28. The Kier molecular flexibility index (Phi) is 8.02. The maximum atomic E-state index is 5.37. The molecule has 0 amide bonds. The van der Waals surface area contributed by atoms with Crippen LogP contribution >= 0.6 is 12.2 Å². The van der Waals surface area contributed by atoms with Gasteiger partial charge in [-0.3, -0.25) is 0 Å². The molecule has 5 heteroatoms. The number of thiocarbonyl (C=S) groups is 1.